The Morgan fingerprint density at radius 1 is 1.10 bits per heavy atom. The zero-order chi connectivity index (χ0) is 15.8. The van der Waals surface area contributed by atoms with E-state index in [2.05, 4.69) is 4.74 Å². The molecule has 1 aliphatic rings. The van der Waals surface area contributed by atoms with Crippen LogP contribution in [0.2, 0.25) is 0 Å². The lowest BCUT2D eigenvalue weighted by Gasteiger charge is -2.40. The molecular weight excluding hydrogens is 304 g/mol. The van der Waals surface area contributed by atoms with Crippen molar-refractivity contribution in [2.75, 3.05) is 13.1 Å². The minimum absolute atomic E-state index is 0.421. The highest BCUT2D eigenvalue weighted by atomic mass is 19.4. The van der Waals surface area contributed by atoms with Gasteiger partial charge in [0.15, 0.2) is 0 Å². The summed E-state index contributed by atoms with van der Waals surface area (Å²) in [6.07, 6.45) is -9.40. The van der Waals surface area contributed by atoms with Gasteiger partial charge in [-0.05, 0) is 12.1 Å². The van der Waals surface area contributed by atoms with Crippen molar-refractivity contribution >= 4 is 5.91 Å². The standard InChI is InChI=1S/C12H9F6NO2/c13-11(14,15)7-5-19(6-7)10(20)8-3-1-2-4-9(8)21-12(16,17)18/h1-4,7H,5-6H2. The Hall–Kier alpha value is -1.93. The van der Waals surface area contributed by atoms with Crippen LogP contribution < -0.4 is 4.74 Å². The molecule has 0 saturated carbocycles. The molecule has 2 rings (SSSR count). The van der Waals surface area contributed by atoms with E-state index in [1.165, 1.54) is 12.1 Å². The molecule has 1 aromatic carbocycles. The number of ether oxygens (including phenoxy) is 1. The number of para-hydroxylation sites is 1. The van der Waals surface area contributed by atoms with Gasteiger partial charge in [0, 0.05) is 13.1 Å². The normalized spacial score (nSPS) is 16.6. The molecule has 1 saturated heterocycles. The Labute approximate surface area is 115 Å². The lowest BCUT2D eigenvalue weighted by Crippen LogP contribution is -2.55. The zero-order valence-electron chi connectivity index (χ0n) is 10.3. The van der Waals surface area contributed by atoms with Gasteiger partial charge in [-0.25, -0.2) is 0 Å². The lowest BCUT2D eigenvalue weighted by atomic mass is 9.98. The number of hydrogen-bond donors (Lipinski definition) is 0. The molecule has 1 fully saturated rings. The van der Waals surface area contributed by atoms with E-state index in [0.29, 0.717) is 0 Å². The van der Waals surface area contributed by atoms with Crippen molar-refractivity contribution in [3.63, 3.8) is 0 Å². The Morgan fingerprint density at radius 3 is 2.19 bits per heavy atom. The number of likely N-dealkylation sites (tertiary alicyclic amines) is 1. The fourth-order valence-electron chi connectivity index (χ4n) is 1.88. The van der Waals surface area contributed by atoms with Crippen molar-refractivity contribution in [3.8, 4) is 5.75 Å². The van der Waals surface area contributed by atoms with Gasteiger partial charge in [0.1, 0.15) is 5.75 Å². The number of alkyl halides is 6. The fourth-order valence-corrected chi connectivity index (χ4v) is 1.88. The summed E-state index contributed by atoms with van der Waals surface area (Å²) in [5.74, 6) is -3.29. The number of rotatable bonds is 2. The summed E-state index contributed by atoms with van der Waals surface area (Å²) in [4.78, 5) is 12.7. The summed E-state index contributed by atoms with van der Waals surface area (Å²) in [6, 6.07) is 4.54. The molecule has 116 valence electrons. The van der Waals surface area contributed by atoms with Crippen molar-refractivity contribution in [2.45, 2.75) is 12.5 Å². The van der Waals surface area contributed by atoms with Crippen molar-refractivity contribution in [1.82, 2.24) is 4.90 Å². The molecule has 9 heteroatoms. The number of amides is 1. The lowest BCUT2D eigenvalue weighted by molar-refractivity contribution is -0.274. The number of nitrogens with zero attached hydrogens (tertiary/aromatic N) is 1. The summed E-state index contributed by atoms with van der Waals surface area (Å²) in [7, 11) is 0. The Kier molecular flexibility index (Phi) is 3.77. The van der Waals surface area contributed by atoms with Crippen LogP contribution in [0.3, 0.4) is 0 Å². The maximum absolute atomic E-state index is 12.3. The molecule has 1 heterocycles. The number of halogens is 6. The van der Waals surface area contributed by atoms with E-state index in [9.17, 15) is 31.1 Å². The van der Waals surface area contributed by atoms with Crippen LogP contribution in [-0.2, 0) is 0 Å². The third-order valence-electron chi connectivity index (χ3n) is 2.97. The fraction of sp³-hybridized carbons (Fsp3) is 0.417. The average Bonchev–Trinajstić information content (AvgIpc) is 2.23. The second-order valence-corrected chi connectivity index (χ2v) is 4.49. The van der Waals surface area contributed by atoms with Crippen LogP contribution in [0.4, 0.5) is 26.3 Å². The average molecular weight is 313 g/mol. The van der Waals surface area contributed by atoms with Gasteiger partial charge < -0.3 is 9.64 Å². The zero-order valence-corrected chi connectivity index (χ0v) is 10.3. The largest absolute Gasteiger partial charge is 0.573 e. The molecule has 21 heavy (non-hydrogen) atoms. The topological polar surface area (TPSA) is 29.5 Å². The van der Waals surface area contributed by atoms with Crippen LogP contribution in [0.25, 0.3) is 0 Å². The number of benzene rings is 1. The molecule has 0 aliphatic carbocycles. The summed E-state index contributed by atoms with van der Waals surface area (Å²) >= 11 is 0. The Morgan fingerprint density at radius 2 is 1.67 bits per heavy atom. The molecule has 3 nitrogen and oxygen atoms in total. The molecule has 0 bridgehead atoms. The van der Waals surface area contributed by atoms with Gasteiger partial charge >= 0.3 is 12.5 Å². The van der Waals surface area contributed by atoms with Gasteiger partial charge in [-0.3, -0.25) is 4.79 Å². The van der Waals surface area contributed by atoms with E-state index in [-0.39, 0.29) is 0 Å². The minimum Gasteiger partial charge on any atom is -0.405 e. The summed E-state index contributed by atoms with van der Waals surface area (Å²) in [5, 5.41) is 0. The van der Waals surface area contributed by atoms with Crippen LogP contribution in [-0.4, -0.2) is 36.4 Å². The van der Waals surface area contributed by atoms with Gasteiger partial charge in [0.2, 0.25) is 0 Å². The van der Waals surface area contributed by atoms with Crippen LogP contribution in [0.5, 0.6) is 5.75 Å². The molecule has 0 aromatic heterocycles. The highest BCUT2D eigenvalue weighted by Gasteiger charge is 2.49. The molecule has 0 N–H and O–H groups in total. The summed E-state index contributed by atoms with van der Waals surface area (Å²) in [6.45, 7) is -1.13. The molecule has 0 unspecified atom stereocenters. The van der Waals surface area contributed by atoms with Gasteiger partial charge in [0.05, 0.1) is 11.5 Å². The SMILES string of the molecule is O=C(c1ccccc1OC(F)(F)F)N1CC(C(F)(F)F)C1. The highest BCUT2D eigenvalue weighted by molar-refractivity contribution is 5.97. The second-order valence-electron chi connectivity index (χ2n) is 4.49. The third-order valence-corrected chi connectivity index (χ3v) is 2.97. The quantitative estimate of drug-likeness (QED) is 0.785. The van der Waals surface area contributed by atoms with E-state index in [4.69, 9.17) is 0 Å². The van der Waals surface area contributed by atoms with E-state index < -0.39 is 48.8 Å². The number of carbonyl (C=O) groups is 1. The molecule has 0 radical (unpaired) electrons. The first kappa shape index (κ1) is 15.5. The second kappa shape index (κ2) is 5.12. The van der Waals surface area contributed by atoms with Crippen LogP contribution in [0.1, 0.15) is 10.4 Å². The first-order valence-electron chi connectivity index (χ1n) is 5.78. The maximum Gasteiger partial charge on any atom is 0.573 e. The molecule has 0 atom stereocenters. The van der Waals surface area contributed by atoms with Gasteiger partial charge in [0.25, 0.3) is 5.91 Å². The van der Waals surface area contributed by atoms with Gasteiger partial charge in [-0.2, -0.15) is 13.2 Å². The highest BCUT2D eigenvalue weighted by Crippen LogP contribution is 2.35. The molecule has 1 aromatic rings. The molecular formula is C12H9F6NO2. The van der Waals surface area contributed by atoms with Crippen LogP contribution in [0, 0.1) is 5.92 Å². The van der Waals surface area contributed by atoms with E-state index >= 15 is 0 Å². The van der Waals surface area contributed by atoms with Gasteiger partial charge in [-0.15, -0.1) is 13.2 Å². The van der Waals surface area contributed by atoms with Gasteiger partial charge in [-0.1, -0.05) is 12.1 Å². The van der Waals surface area contributed by atoms with Crippen molar-refractivity contribution < 1.29 is 35.9 Å². The molecule has 0 spiro atoms. The summed E-state index contributed by atoms with van der Waals surface area (Å²) in [5.41, 5.74) is -0.421. The number of hydrogen-bond acceptors (Lipinski definition) is 2. The van der Waals surface area contributed by atoms with E-state index in [1.54, 1.807) is 0 Å². The van der Waals surface area contributed by atoms with Crippen LogP contribution >= 0.6 is 0 Å². The third kappa shape index (κ3) is 3.59. The van der Waals surface area contributed by atoms with E-state index in [0.717, 1.165) is 17.0 Å². The first-order valence-corrected chi connectivity index (χ1v) is 5.78. The van der Waals surface area contributed by atoms with Crippen molar-refractivity contribution in [3.05, 3.63) is 29.8 Å². The predicted molar refractivity (Wildman–Crippen MR) is 58.6 cm³/mol. The number of carbonyl (C=O) groups excluding carboxylic acids is 1. The van der Waals surface area contributed by atoms with Crippen LogP contribution in [0.15, 0.2) is 24.3 Å². The maximum atomic E-state index is 12.3. The molecule has 1 aliphatic heterocycles. The first-order chi connectivity index (χ1) is 9.58. The summed E-state index contributed by atoms with van der Waals surface area (Å²) < 4.78 is 77.3. The van der Waals surface area contributed by atoms with Crippen molar-refractivity contribution in [1.29, 1.82) is 0 Å². The predicted octanol–water partition coefficient (Wildman–Crippen LogP) is 3.22. The Balaban J connectivity index is 2.11. The minimum atomic E-state index is -4.99. The van der Waals surface area contributed by atoms with Crippen molar-refractivity contribution in [2.24, 2.45) is 5.92 Å². The smallest absolute Gasteiger partial charge is 0.405 e. The van der Waals surface area contributed by atoms with E-state index in [1.807, 2.05) is 0 Å². The Bertz CT molecular complexity index is 533. The molecule has 1 amide bonds. The monoisotopic (exact) mass is 313 g/mol.